The van der Waals surface area contributed by atoms with Crippen molar-refractivity contribution in [2.75, 3.05) is 13.2 Å². The average Bonchev–Trinajstić information content (AvgIpc) is 2.28. The molecule has 0 saturated carbocycles. The summed E-state index contributed by atoms with van der Waals surface area (Å²) < 4.78 is 5.58. The Bertz CT molecular complexity index is 331. The number of rotatable bonds is 6. The SMILES string of the molecule is CC(C)C(C)(O)COc1ccc(CCN)cc1. The summed E-state index contributed by atoms with van der Waals surface area (Å²) in [6.07, 6.45) is 0.879. The van der Waals surface area contributed by atoms with Crippen molar-refractivity contribution in [3.05, 3.63) is 29.8 Å². The standard InChI is InChI=1S/C14H23NO2/c1-11(2)14(3,16)10-17-13-6-4-12(5-7-13)8-9-15/h4-7,11,16H,8-10,15H2,1-3H3. The maximum Gasteiger partial charge on any atom is 0.119 e. The normalized spacial score (nSPS) is 14.7. The van der Waals surface area contributed by atoms with E-state index in [9.17, 15) is 5.11 Å². The van der Waals surface area contributed by atoms with Gasteiger partial charge >= 0.3 is 0 Å². The molecule has 0 aliphatic heterocycles. The molecule has 1 aromatic carbocycles. The van der Waals surface area contributed by atoms with Crippen molar-refractivity contribution < 1.29 is 9.84 Å². The Balaban J connectivity index is 2.52. The Morgan fingerprint density at radius 2 is 1.88 bits per heavy atom. The van der Waals surface area contributed by atoms with Crippen molar-refractivity contribution in [3.8, 4) is 5.75 Å². The molecule has 3 heteroatoms. The molecule has 1 atom stereocenters. The summed E-state index contributed by atoms with van der Waals surface area (Å²) in [4.78, 5) is 0. The predicted molar refractivity (Wildman–Crippen MR) is 70.2 cm³/mol. The van der Waals surface area contributed by atoms with Gasteiger partial charge in [-0.05, 0) is 43.5 Å². The summed E-state index contributed by atoms with van der Waals surface area (Å²) in [5, 5.41) is 10.1. The quantitative estimate of drug-likeness (QED) is 0.795. The van der Waals surface area contributed by atoms with Crippen LogP contribution in [0.15, 0.2) is 24.3 Å². The van der Waals surface area contributed by atoms with E-state index < -0.39 is 5.60 Å². The first-order valence-electron chi connectivity index (χ1n) is 6.10. The van der Waals surface area contributed by atoms with Crippen LogP contribution in [0.5, 0.6) is 5.75 Å². The minimum atomic E-state index is -0.796. The fourth-order valence-corrected chi connectivity index (χ4v) is 1.32. The highest BCUT2D eigenvalue weighted by Gasteiger charge is 2.25. The lowest BCUT2D eigenvalue weighted by Gasteiger charge is -2.27. The largest absolute Gasteiger partial charge is 0.491 e. The molecule has 0 amide bonds. The molecule has 1 unspecified atom stereocenters. The van der Waals surface area contributed by atoms with Crippen LogP contribution in [0.3, 0.4) is 0 Å². The van der Waals surface area contributed by atoms with Crippen LogP contribution in [0.4, 0.5) is 0 Å². The van der Waals surface area contributed by atoms with Gasteiger partial charge < -0.3 is 15.6 Å². The van der Waals surface area contributed by atoms with Gasteiger partial charge in [0.15, 0.2) is 0 Å². The highest BCUT2D eigenvalue weighted by Crippen LogP contribution is 2.19. The molecule has 3 nitrogen and oxygen atoms in total. The molecule has 3 N–H and O–H groups in total. The topological polar surface area (TPSA) is 55.5 Å². The van der Waals surface area contributed by atoms with E-state index in [-0.39, 0.29) is 5.92 Å². The van der Waals surface area contributed by atoms with Gasteiger partial charge in [0.05, 0.1) is 5.60 Å². The van der Waals surface area contributed by atoms with Gasteiger partial charge in [-0.25, -0.2) is 0 Å². The van der Waals surface area contributed by atoms with Gasteiger partial charge in [0.2, 0.25) is 0 Å². The van der Waals surface area contributed by atoms with Crippen molar-refractivity contribution in [1.82, 2.24) is 0 Å². The van der Waals surface area contributed by atoms with E-state index in [0.717, 1.165) is 12.2 Å². The van der Waals surface area contributed by atoms with Crippen LogP contribution in [0, 0.1) is 5.92 Å². The zero-order valence-electron chi connectivity index (χ0n) is 10.9. The van der Waals surface area contributed by atoms with Gasteiger partial charge in [-0.3, -0.25) is 0 Å². The van der Waals surface area contributed by atoms with E-state index in [1.165, 1.54) is 5.56 Å². The second-order valence-electron chi connectivity index (χ2n) is 4.98. The number of hydrogen-bond acceptors (Lipinski definition) is 3. The van der Waals surface area contributed by atoms with E-state index >= 15 is 0 Å². The van der Waals surface area contributed by atoms with Gasteiger partial charge in [-0.15, -0.1) is 0 Å². The van der Waals surface area contributed by atoms with Crippen molar-refractivity contribution in [3.63, 3.8) is 0 Å². The minimum absolute atomic E-state index is 0.166. The van der Waals surface area contributed by atoms with Crippen LogP contribution in [0.2, 0.25) is 0 Å². The zero-order chi connectivity index (χ0) is 12.9. The summed E-state index contributed by atoms with van der Waals surface area (Å²) in [5.41, 5.74) is 5.89. The molecule has 1 aromatic rings. The van der Waals surface area contributed by atoms with E-state index in [0.29, 0.717) is 13.2 Å². The van der Waals surface area contributed by atoms with Crippen molar-refractivity contribution in [2.24, 2.45) is 11.7 Å². The van der Waals surface area contributed by atoms with Crippen molar-refractivity contribution in [2.45, 2.75) is 32.8 Å². The van der Waals surface area contributed by atoms with Crippen LogP contribution in [-0.2, 0) is 6.42 Å². The third-order valence-electron chi connectivity index (χ3n) is 3.13. The average molecular weight is 237 g/mol. The molecule has 17 heavy (non-hydrogen) atoms. The summed E-state index contributed by atoms with van der Waals surface area (Å²) >= 11 is 0. The molecule has 0 saturated heterocycles. The molecular formula is C14H23NO2. The molecule has 0 aromatic heterocycles. The molecule has 0 aliphatic carbocycles. The Hall–Kier alpha value is -1.06. The predicted octanol–water partition coefficient (Wildman–Crippen LogP) is 1.97. The third kappa shape index (κ3) is 4.36. The first kappa shape index (κ1) is 14.0. The monoisotopic (exact) mass is 237 g/mol. The van der Waals surface area contributed by atoms with Gasteiger partial charge in [0.1, 0.15) is 12.4 Å². The second kappa shape index (κ2) is 6.03. The lowest BCUT2D eigenvalue weighted by atomic mass is 9.94. The Morgan fingerprint density at radius 1 is 1.29 bits per heavy atom. The highest BCUT2D eigenvalue weighted by molar-refractivity contribution is 5.27. The summed E-state index contributed by atoms with van der Waals surface area (Å²) in [6, 6.07) is 7.85. The molecule has 0 spiro atoms. The van der Waals surface area contributed by atoms with Gasteiger partial charge in [0.25, 0.3) is 0 Å². The summed E-state index contributed by atoms with van der Waals surface area (Å²) in [7, 11) is 0. The molecule has 96 valence electrons. The highest BCUT2D eigenvalue weighted by atomic mass is 16.5. The fraction of sp³-hybridized carbons (Fsp3) is 0.571. The fourth-order valence-electron chi connectivity index (χ4n) is 1.32. The Morgan fingerprint density at radius 3 is 2.35 bits per heavy atom. The molecule has 1 rings (SSSR count). The Labute approximate surface area is 104 Å². The molecule has 0 radical (unpaired) electrons. The lowest BCUT2D eigenvalue weighted by Crippen LogP contribution is -2.37. The number of benzene rings is 1. The minimum Gasteiger partial charge on any atom is -0.491 e. The van der Waals surface area contributed by atoms with Crippen molar-refractivity contribution >= 4 is 0 Å². The van der Waals surface area contributed by atoms with Crippen LogP contribution < -0.4 is 10.5 Å². The van der Waals surface area contributed by atoms with Crippen LogP contribution in [-0.4, -0.2) is 23.9 Å². The number of hydrogen-bond donors (Lipinski definition) is 2. The van der Waals surface area contributed by atoms with Gasteiger partial charge in [-0.1, -0.05) is 26.0 Å². The second-order valence-corrected chi connectivity index (χ2v) is 4.98. The Kier molecular flexibility index (Phi) is 4.97. The van der Waals surface area contributed by atoms with Gasteiger partial charge in [0, 0.05) is 0 Å². The zero-order valence-corrected chi connectivity index (χ0v) is 10.9. The van der Waals surface area contributed by atoms with Crippen molar-refractivity contribution in [1.29, 1.82) is 0 Å². The molecule has 0 bridgehead atoms. The van der Waals surface area contributed by atoms with E-state index in [1.54, 1.807) is 6.92 Å². The smallest absolute Gasteiger partial charge is 0.119 e. The maximum atomic E-state index is 10.1. The van der Waals surface area contributed by atoms with Crippen LogP contribution in [0.1, 0.15) is 26.3 Å². The molecule has 0 heterocycles. The lowest BCUT2D eigenvalue weighted by molar-refractivity contribution is -0.0266. The van der Waals surface area contributed by atoms with E-state index in [2.05, 4.69) is 0 Å². The van der Waals surface area contributed by atoms with Crippen LogP contribution >= 0.6 is 0 Å². The van der Waals surface area contributed by atoms with Gasteiger partial charge in [-0.2, -0.15) is 0 Å². The summed E-state index contributed by atoms with van der Waals surface area (Å²) in [6.45, 7) is 6.71. The number of aliphatic hydroxyl groups is 1. The van der Waals surface area contributed by atoms with Crippen LogP contribution in [0.25, 0.3) is 0 Å². The number of ether oxygens (including phenoxy) is 1. The number of nitrogens with two attached hydrogens (primary N) is 1. The first-order chi connectivity index (χ1) is 7.95. The molecular weight excluding hydrogens is 214 g/mol. The van der Waals surface area contributed by atoms with E-state index in [4.69, 9.17) is 10.5 Å². The maximum absolute atomic E-state index is 10.1. The first-order valence-corrected chi connectivity index (χ1v) is 6.10. The molecule has 0 fully saturated rings. The molecule has 0 aliphatic rings. The summed E-state index contributed by atoms with van der Waals surface area (Å²) in [5.74, 6) is 0.950. The third-order valence-corrected chi connectivity index (χ3v) is 3.13. The van der Waals surface area contributed by atoms with E-state index in [1.807, 2.05) is 38.1 Å².